The van der Waals surface area contributed by atoms with Crippen LogP contribution in [0.4, 0.5) is 0 Å². The van der Waals surface area contributed by atoms with Gasteiger partial charge in [0.25, 0.3) is 0 Å². The van der Waals surface area contributed by atoms with Crippen molar-refractivity contribution in [2.75, 3.05) is 0 Å². The number of aryl methyl sites for hydroxylation is 2. The first-order valence-corrected chi connectivity index (χ1v) is 8.15. The van der Waals surface area contributed by atoms with Crippen molar-refractivity contribution in [3.63, 3.8) is 0 Å². The summed E-state index contributed by atoms with van der Waals surface area (Å²) >= 11 is 0. The van der Waals surface area contributed by atoms with E-state index in [1.807, 2.05) is 26.0 Å². The molecular weight excluding hydrogens is 300 g/mol. The lowest BCUT2D eigenvalue weighted by molar-refractivity contribution is 0.534. The fourth-order valence-electron chi connectivity index (χ4n) is 2.92. The van der Waals surface area contributed by atoms with Crippen LogP contribution in [0.5, 0.6) is 0 Å². The van der Waals surface area contributed by atoms with Gasteiger partial charge in [0.05, 0.1) is 11.2 Å². The Hall–Kier alpha value is -2.53. The maximum absolute atomic E-state index is 12.4. The van der Waals surface area contributed by atoms with Gasteiger partial charge in [-0.05, 0) is 31.9 Å². The van der Waals surface area contributed by atoms with Crippen molar-refractivity contribution >= 4 is 10.9 Å². The van der Waals surface area contributed by atoms with Crippen molar-refractivity contribution in [1.82, 2.24) is 20.3 Å². The minimum atomic E-state index is 0.0725. The quantitative estimate of drug-likeness (QED) is 0.757. The maximum atomic E-state index is 12.4. The number of hydrogen-bond acceptors (Lipinski definition) is 4. The van der Waals surface area contributed by atoms with Crippen LogP contribution in [-0.2, 0) is 13.0 Å². The number of benzene rings is 1. The van der Waals surface area contributed by atoms with Gasteiger partial charge in [-0.2, -0.15) is 0 Å². The predicted octanol–water partition coefficient (Wildman–Crippen LogP) is 2.66. The van der Waals surface area contributed by atoms with Crippen LogP contribution in [0, 0.1) is 13.8 Å². The lowest BCUT2D eigenvalue weighted by atomic mass is 10.0. The molecule has 2 aromatic heterocycles. The van der Waals surface area contributed by atoms with Crippen LogP contribution in [0.15, 0.2) is 41.6 Å². The molecule has 0 bridgehead atoms. The molecule has 3 rings (SSSR count). The van der Waals surface area contributed by atoms with Gasteiger partial charge in [0.15, 0.2) is 5.43 Å². The number of aromatic amines is 1. The molecule has 0 fully saturated rings. The van der Waals surface area contributed by atoms with Crippen LogP contribution < -0.4 is 10.7 Å². The van der Waals surface area contributed by atoms with Crippen molar-refractivity contribution < 1.29 is 0 Å². The number of pyridine rings is 1. The van der Waals surface area contributed by atoms with Crippen LogP contribution in [0.2, 0.25) is 0 Å². The molecule has 0 aliphatic carbocycles. The van der Waals surface area contributed by atoms with E-state index in [0.29, 0.717) is 6.54 Å². The minimum Gasteiger partial charge on any atom is -0.357 e. The zero-order chi connectivity index (χ0) is 17.1. The van der Waals surface area contributed by atoms with E-state index < -0.39 is 0 Å². The highest BCUT2D eigenvalue weighted by atomic mass is 16.1. The molecule has 2 N–H and O–H groups in total. The largest absolute Gasteiger partial charge is 0.357 e. The summed E-state index contributed by atoms with van der Waals surface area (Å²) < 4.78 is 0. The van der Waals surface area contributed by atoms with Gasteiger partial charge in [-0.3, -0.25) is 14.8 Å². The number of nitrogens with zero attached hydrogens (tertiary/aromatic N) is 2. The molecule has 0 aliphatic rings. The van der Waals surface area contributed by atoms with Gasteiger partial charge in [0, 0.05) is 54.7 Å². The van der Waals surface area contributed by atoms with E-state index in [2.05, 4.69) is 27.2 Å². The number of fused-ring (bicyclic) bond motifs is 1. The Kier molecular flexibility index (Phi) is 4.71. The fourth-order valence-corrected chi connectivity index (χ4v) is 2.92. The summed E-state index contributed by atoms with van der Waals surface area (Å²) in [5.41, 5.74) is 4.95. The van der Waals surface area contributed by atoms with Gasteiger partial charge < -0.3 is 10.3 Å². The van der Waals surface area contributed by atoms with Gasteiger partial charge in [0.2, 0.25) is 0 Å². The highest BCUT2D eigenvalue weighted by Crippen LogP contribution is 2.17. The summed E-state index contributed by atoms with van der Waals surface area (Å²) in [7, 11) is 0. The zero-order valence-corrected chi connectivity index (χ0v) is 14.3. The summed E-state index contributed by atoms with van der Waals surface area (Å²) in [6, 6.07) is 5.96. The summed E-state index contributed by atoms with van der Waals surface area (Å²) in [6.45, 7) is 6.70. The lowest BCUT2D eigenvalue weighted by Gasteiger charge is -2.14. The van der Waals surface area contributed by atoms with Crippen LogP contribution in [-0.4, -0.2) is 21.0 Å². The first kappa shape index (κ1) is 16.3. The van der Waals surface area contributed by atoms with Crippen molar-refractivity contribution in [3.05, 3.63) is 69.5 Å². The lowest BCUT2D eigenvalue weighted by Crippen LogP contribution is -2.28. The smallest absolute Gasteiger partial charge is 0.189 e. The molecule has 0 radical (unpaired) electrons. The SMILES string of the molecule is Cc1ccc(C)c2c(=O)cc(CNC(C)Cc3cnccn3)[nH]c12. The first-order valence-electron chi connectivity index (χ1n) is 8.15. The van der Waals surface area contributed by atoms with E-state index in [-0.39, 0.29) is 11.5 Å². The Bertz CT molecular complexity index is 902. The highest BCUT2D eigenvalue weighted by Gasteiger charge is 2.09. The van der Waals surface area contributed by atoms with E-state index in [1.54, 1.807) is 24.7 Å². The number of nitrogens with one attached hydrogen (secondary N) is 2. The fraction of sp³-hybridized carbons (Fsp3) is 0.316. The second-order valence-corrected chi connectivity index (χ2v) is 6.29. The topological polar surface area (TPSA) is 70.7 Å². The minimum absolute atomic E-state index is 0.0725. The molecule has 3 aromatic rings. The van der Waals surface area contributed by atoms with E-state index in [1.165, 1.54) is 0 Å². The van der Waals surface area contributed by atoms with Gasteiger partial charge in [-0.1, -0.05) is 12.1 Å². The molecule has 2 heterocycles. The van der Waals surface area contributed by atoms with Crippen molar-refractivity contribution in [1.29, 1.82) is 0 Å². The Labute approximate surface area is 141 Å². The van der Waals surface area contributed by atoms with Crippen molar-refractivity contribution in [3.8, 4) is 0 Å². The Balaban J connectivity index is 1.76. The van der Waals surface area contributed by atoms with Gasteiger partial charge in [-0.15, -0.1) is 0 Å². The molecule has 0 amide bonds. The second kappa shape index (κ2) is 6.93. The first-order chi connectivity index (χ1) is 11.5. The van der Waals surface area contributed by atoms with Crippen molar-refractivity contribution in [2.45, 2.75) is 39.8 Å². The molecule has 0 saturated carbocycles. The van der Waals surface area contributed by atoms with E-state index >= 15 is 0 Å². The summed E-state index contributed by atoms with van der Waals surface area (Å²) in [6.07, 6.45) is 5.95. The number of H-pyrrole nitrogens is 1. The third-order valence-electron chi connectivity index (χ3n) is 4.23. The highest BCUT2D eigenvalue weighted by molar-refractivity contribution is 5.84. The molecule has 24 heavy (non-hydrogen) atoms. The Morgan fingerprint density at radius 2 is 2.00 bits per heavy atom. The third-order valence-corrected chi connectivity index (χ3v) is 4.23. The van der Waals surface area contributed by atoms with Crippen molar-refractivity contribution in [2.24, 2.45) is 0 Å². The summed E-state index contributed by atoms with van der Waals surface area (Å²) in [5, 5.41) is 4.22. The Morgan fingerprint density at radius 3 is 2.75 bits per heavy atom. The molecule has 0 spiro atoms. The molecule has 124 valence electrons. The predicted molar refractivity (Wildman–Crippen MR) is 96.1 cm³/mol. The van der Waals surface area contributed by atoms with E-state index in [9.17, 15) is 4.79 Å². The average Bonchev–Trinajstić information content (AvgIpc) is 2.57. The molecule has 5 heteroatoms. The van der Waals surface area contributed by atoms with Gasteiger partial charge in [-0.25, -0.2) is 0 Å². The number of aromatic nitrogens is 3. The van der Waals surface area contributed by atoms with E-state index in [4.69, 9.17) is 0 Å². The Morgan fingerprint density at radius 1 is 1.21 bits per heavy atom. The molecular formula is C19H22N4O. The van der Waals surface area contributed by atoms with Crippen LogP contribution in [0.25, 0.3) is 10.9 Å². The molecule has 0 saturated heterocycles. The standard InChI is InChI=1S/C19H22N4O/c1-12-4-5-13(2)19-18(12)17(24)9-16(23-19)11-22-14(3)8-15-10-20-6-7-21-15/h4-7,9-10,14,22H,8,11H2,1-3H3,(H,23,24). The van der Waals surface area contributed by atoms with Crippen LogP contribution in [0.3, 0.4) is 0 Å². The van der Waals surface area contributed by atoms with Gasteiger partial charge >= 0.3 is 0 Å². The summed E-state index contributed by atoms with van der Waals surface area (Å²) in [5.74, 6) is 0. The number of hydrogen-bond donors (Lipinski definition) is 2. The third kappa shape index (κ3) is 3.51. The second-order valence-electron chi connectivity index (χ2n) is 6.29. The molecule has 1 aromatic carbocycles. The maximum Gasteiger partial charge on any atom is 0.189 e. The summed E-state index contributed by atoms with van der Waals surface area (Å²) in [4.78, 5) is 24.2. The molecule has 1 unspecified atom stereocenters. The normalized spacial score (nSPS) is 12.5. The zero-order valence-electron chi connectivity index (χ0n) is 14.3. The monoisotopic (exact) mass is 322 g/mol. The van der Waals surface area contributed by atoms with Crippen LogP contribution in [0.1, 0.15) is 29.4 Å². The average molecular weight is 322 g/mol. The van der Waals surface area contributed by atoms with Crippen LogP contribution >= 0.6 is 0 Å². The number of rotatable bonds is 5. The van der Waals surface area contributed by atoms with Gasteiger partial charge in [0.1, 0.15) is 0 Å². The molecule has 1 atom stereocenters. The molecule has 0 aliphatic heterocycles. The molecule has 5 nitrogen and oxygen atoms in total. The van der Waals surface area contributed by atoms with E-state index in [0.717, 1.165) is 39.8 Å².